The molecule has 0 fully saturated rings. The minimum Gasteiger partial charge on any atom is -0.347 e. The molecule has 1 amide bonds. The smallest absolute Gasteiger partial charge is 0.252 e. The number of fused-ring (bicyclic) bond motifs is 1. The molecule has 0 saturated heterocycles. The summed E-state index contributed by atoms with van der Waals surface area (Å²) in [7, 11) is 0. The normalized spacial score (nSPS) is 15.2. The van der Waals surface area contributed by atoms with Crippen LogP contribution in [0.5, 0.6) is 0 Å². The molecule has 17 heavy (non-hydrogen) atoms. The molecule has 0 radical (unpaired) electrons. The van der Waals surface area contributed by atoms with E-state index in [1.165, 1.54) is 5.56 Å². The highest BCUT2D eigenvalue weighted by molar-refractivity contribution is 5.96. The fourth-order valence-electron chi connectivity index (χ4n) is 2.13. The van der Waals surface area contributed by atoms with Gasteiger partial charge in [-0.25, -0.2) is 0 Å². The number of rotatable bonds is 1. The van der Waals surface area contributed by atoms with Crippen molar-refractivity contribution in [1.82, 2.24) is 10.6 Å². The molecule has 2 N–H and O–H groups in total. The Morgan fingerprint density at radius 2 is 2.12 bits per heavy atom. The molecule has 0 unspecified atom stereocenters. The molecule has 1 heterocycles. The van der Waals surface area contributed by atoms with Crippen LogP contribution in [-0.2, 0) is 13.0 Å². The van der Waals surface area contributed by atoms with E-state index in [-0.39, 0.29) is 11.4 Å². The van der Waals surface area contributed by atoms with Crippen molar-refractivity contribution in [1.29, 1.82) is 0 Å². The van der Waals surface area contributed by atoms with Crippen molar-refractivity contribution in [3.63, 3.8) is 0 Å². The number of amides is 1. The van der Waals surface area contributed by atoms with Gasteiger partial charge in [0.25, 0.3) is 5.91 Å². The van der Waals surface area contributed by atoms with E-state index in [1.807, 2.05) is 32.9 Å². The highest BCUT2D eigenvalue weighted by Gasteiger charge is 2.20. The van der Waals surface area contributed by atoms with Gasteiger partial charge in [-0.2, -0.15) is 0 Å². The van der Waals surface area contributed by atoms with Gasteiger partial charge < -0.3 is 10.6 Å². The lowest BCUT2D eigenvalue weighted by atomic mass is 9.95. The second-order valence-corrected chi connectivity index (χ2v) is 5.57. The third kappa shape index (κ3) is 2.86. The number of carbonyl (C=O) groups excluding carboxylic acids is 1. The van der Waals surface area contributed by atoms with E-state index in [0.717, 1.165) is 30.6 Å². The first-order chi connectivity index (χ1) is 7.97. The number of hydrogen-bond donors (Lipinski definition) is 2. The lowest BCUT2D eigenvalue weighted by Crippen LogP contribution is -2.41. The van der Waals surface area contributed by atoms with Crippen LogP contribution in [0.3, 0.4) is 0 Å². The number of benzene rings is 1. The molecule has 0 bridgehead atoms. The van der Waals surface area contributed by atoms with Gasteiger partial charge in [-0.05, 0) is 50.9 Å². The molecule has 0 aromatic heterocycles. The average molecular weight is 232 g/mol. The lowest BCUT2D eigenvalue weighted by molar-refractivity contribution is 0.0918. The van der Waals surface area contributed by atoms with E-state index >= 15 is 0 Å². The summed E-state index contributed by atoms with van der Waals surface area (Å²) in [6.45, 7) is 7.79. The zero-order valence-electron chi connectivity index (χ0n) is 10.8. The molecule has 1 aliphatic rings. The predicted octanol–water partition coefficient (Wildman–Crippen LogP) is 1.86. The first-order valence-electron chi connectivity index (χ1n) is 6.11. The summed E-state index contributed by atoms with van der Waals surface area (Å²) in [5.41, 5.74) is 3.07. The SMILES string of the molecule is CC(C)(C)NC(=O)c1cccc2c1CNCC2. The van der Waals surface area contributed by atoms with Crippen LogP contribution in [0.15, 0.2) is 18.2 Å². The maximum atomic E-state index is 12.2. The van der Waals surface area contributed by atoms with Crippen LogP contribution >= 0.6 is 0 Å². The highest BCUT2D eigenvalue weighted by Crippen LogP contribution is 2.19. The topological polar surface area (TPSA) is 41.1 Å². The summed E-state index contributed by atoms with van der Waals surface area (Å²) >= 11 is 0. The summed E-state index contributed by atoms with van der Waals surface area (Å²) in [5, 5.41) is 6.34. The Balaban J connectivity index is 2.29. The summed E-state index contributed by atoms with van der Waals surface area (Å²) < 4.78 is 0. The van der Waals surface area contributed by atoms with Crippen LogP contribution in [0.25, 0.3) is 0 Å². The Bertz CT molecular complexity index is 432. The molecule has 2 rings (SSSR count). The second-order valence-electron chi connectivity index (χ2n) is 5.57. The summed E-state index contributed by atoms with van der Waals surface area (Å²) in [6.07, 6.45) is 1.01. The Labute approximate surface area is 103 Å². The van der Waals surface area contributed by atoms with Gasteiger partial charge in [0.15, 0.2) is 0 Å². The summed E-state index contributed by atoms with van der Waals surface area (Å²) in [5.74, 6) is 0.0260. The van der Waals surface area contributed by atoms with Crippen LogP contribution in [-0.4, -0.2) is 18.0 Å². The number of carbonyl (C=O) groups is 1. The predicted molar refractivity (Wildman–Crippen MR) is 69.1 cm³/mol. The summed E-state index contributed by atoms with van der Waals surface area (Å²) in [6, 6.07) is 6.00. The molecule has 3 nitrogen and oxygen atoms in total. The Morgan fingerprint density at radius 1 is 1.35 bits per heavy atom. The monoisotopic (exact) mass is 232 g/mol. The quantitative estimate of drug-likeness (QED) is 0.776. The molecule has 1 aliphatic heterocycles. The first-order valence-corrected chi connectivity index (χ1v) is 6.11. The lowest BCUT2D eigenvalue weighted by Gasteiger charge is -2.24. The van der Waals surface area contributed by atoms with Crippen molar-refractivity contribution in [3.8, 4) is 0 Å². The van der Waals surface area contributed by atoms with Gasteiger partial charge in [0.1, 0.15) is 0 Å². The molecule has 1 aromatic carbocycles. The second kappa shape index (κ2) is 4.49. The van der Waals surface area contributed by atoms with Gasteiger partial charge in [0.05, 0.1) is 0 Å². The largest absolute Gasteiger partial charge is 0.347 e. The standard InChI is InChI=1S/C14H20N2O/c1-14(2,3)16-13(17)11-6-4-5-10-7-8-15-9-12(10)11/h4-6,15H,7-9H2,1-3H3,(H,16,17). The van der Waals surface area contributed by atoms with Crippen molar-refractivity contribution >= 4 is 5.91 Å². The van der Waals surface area contributed by atoms with E-state index in [4.69, 9.17) is 0 Å². The van der Waals surface area contributed by atoms with Crippen molar-refractivity contribution < 1.29 is 4.79 Å². The third-order valence-corrected chi connectivity index (χ3v) is 2.88. The minimum atomic E-state index is -0.193. The van der Waals surface area contributed by atoms with Crippen LogP contribution in [0.4, 0.5) is 0 Å². The van der Waals surface area contributed by atoms with E-state index < -0.39 is 0 Å². The van der Waals surface area contributed by atoms with Crippen LogP contribution in [0, 0.1) is 0 Å². The van der Waals surface area contributed by atoms with Gasteiger partial charge in [0, 0.05) is 17.6 Å². The minimum absolute atomic E-state index is 0.0260. The maximum Gasteiger partial charge on any atom is 0.252 e. The van der Waals surface area contributed by atoms with Crippen LogP contribution in [0.1, 0.15) is 42.3 Å². The molecule has 0 aliphatic carbocycles. The van der Waals surface area contributed by atoms with Gasteiger partial charge in [-0.1, -0.05) is 12.1 Å². The van der Waals surface area contributed by atoms with E-state index in [2.05, 4.69) is 16.7 Å². The van der Waals surface area contributed by atoms with Gasteiger partial charge >= 0.3 is 0 Å². The molecule has 0 atom stereocenters. The molecular formula is C14H20N2O. The fraction of sp³-hybridized carbons (Fsp3) is 0.500. The Hall–Kier alpha value is -1.35. The van der Waals surface area contributed by atoms with Crippen LogP contribution in [0.2, 0.25) is 0 Å². The molecule has 0 spiro atoms. The maximum absolute atomic E-state index is 12.2. The van der Waals surface area contributed by atoms with Crippen molar-refractivity contribution in [2.24, 2.45) is 0 Å². The van der Waals surface area contributed by atoms with E-state index in [1.54, 1.807) is 0 Å². The van der Waals surface area contributed by atoms with Gasteiger partial charge in [-0.15, -0.1) is 0 Å². The zero-order valence-corrected chi connectivity index (χ0v) is 10.8. The van der Waals surface area contributed by atoms with Gasteiger partial charge in [0.2, 0.25) is 0 Å². The van der Waals surface area contributed by atoms with E-state index in [0.29, 0.717) is 0 Å². The highest BCUT2D eigenvalue weighted by atomic mass is 16.1. The van der Waals surface area contributed by atoms with E-state index in [9.17, 15) is 4.79 Å². The number of nitrogens with one attached hydrogen (secondary N) is 2. The Kier molecular flexibility index (Phi) is 3.20. The van der Waals surface area contributed by atoms with Crippen molar-refractivity contribution in [2.75, 3.05) is 6.54 Å². The molecule has 3 heteroatoms. The summed E-state index contributed by atoms with van der Waals surface area (Å²) in [4.78, 5) is 12.2. The molecule has 0 saturated carbocycles. The molecular weight excluding hydrogens is 212 g/mol. The van der Waals surface area contributed by atoms with Crippen molar-refractivity contribution in [2.45, 2.75) is 39.3 Å². The Morgan fingerprint density at radius 3 is 2.82 bits per heavy atom. The third-order valence-electron chi connectivity index (χ3n) is 2.88. The first kappa shape index (κ1) is 12.1. The molecule has 1 aromatic rings. The average Bonchev–Trinajstić information content (AvgIpc) is 2.26. The zero-order chi connectivity index (χ0) is 12.5. The van der Waals surface area contributed by atoms with Crippen LogP contribution < -0.4 is 10.6 Å². The molecule has 92 valence electrons. The fourth-order valence-corrected chi connectivity index (χ4v) is 2.13. The number of hydrogen-bond acceptors (Lipinski definition) is 2. The van der Waals surface area contributed by atoms with Gasteiger partial charge in [-0.3, -0.25) is 4.79 Å². The van der Waals surface area contributed by atoms with Crippen molar-refractivity contribution in [3.05, 3.63) is 34.9 Å².